The van der Waals surface area contributed by atoms with E-state index in [-0.39, 0.29) is 6.84 Å². The Morgan fingerprint density at radius 3 is 2.86 bits per heavy atom. The summed E-state index contributed by atoms with van der Waals surface area (Å²) in [4.78, 5) is 3.31. The van der Waals surface area contributed by atoms with Crippen LogP contribution >= 0.6 is 0 Å². The van der Waals surface area contributed by atoms with Crippen molar-refractivity contribution in [1.82, 2.24) is 4.98 Å². The SMILES string of the molecule is COc1ccccc1C1(CC(C)C)C=c2cc[nH]c2=CC1.[HH]. The average molecular weight is 283 g/mol. The number of benzene rings is 1. The van der Waals surface area contributed by atoms with Gasteiger partial charge in [-0.05, 0) is 36.1 Å². The van der Waals surface area contributed by atoms with E-state index in [1.807, 2.05) is 12.3 Å². The molecular formula is C19H25NO. The van der Waals surface area contributed by atoms with Crippen LogP contribution in [-0.4, -0.2) is 12.1 Å². The molecule has 1 aliphatic rings. The first-order chi connectivity index (χ1) is 10.1. The van der Waals surface area contributed by atoms with E-state index in [4.69, 9.17) is 4.74 Å². The maximum absolute atomic E-state index is 5.63. The number of aromatic nitrogens is 1. The van der Waals surface area contributed by atoms with Crippen molar-refractivity contribution in [2.24, 2.45) is 5.92 Å². The number of para-hydroxylation sites is 1. The minimum absolute atomic E-state index is 0. The second-order valence-electron chi connectivity index (χ2n) is 6.35. The maximum atomic E-state index is 5.63. The number of aromatic amines is 1. The van der Waals surface area contributed by atoms with Crippen LogP contribution in [0.15, 0.2) is 36.5 Å². The van der Waals surface area contributed by atoms with Gasteiger partial charge in [0.2, 0.25) is 0 Å². The molecule has 2 aromatic rings. The Morgan fingerprint density at radius 2 is 2.10 bits per heavy atom. The summed E-state index contributed by atoms with van der Waals surface area (Å²) < 4.78 is 5.63. The predicted molar refractivity (Wildman–Crippen MR) is 89.8 cm³/mol. The van der Waals surface area contributed by atoms with Crippen molar-refractivity contribution in [3.63, 3.8) is 0 Å². The number of methoxy groups -OCH3 is 1. The number of hydrogen-bond acceptors (Lipinski definition) is 1. The summed E-state index contributed by atoms with van der Waals surface area (Å²) >= 11 is 0. The van der Waals surface area contributed by atoms with Gasteiger partial charge in [-0.2, -0.15) is 0 Å². The lowest BCUT2D eigenvalue weighted by Gasteiger charge is -2.34. The van der Waals surface area contributed by atoms with E-state index in [9.17, 15) is 0 Å². The van der Waals surface area contributed by atoms with Crippen molar-refractivity contribution in [3.05, 3.63) is 52.7 Å². The Balaban J connectivity index is 0.00000176. The largest absolute Gasteiger partial charge is 0.496 e. The van der Waals surface area contributed by atoms with Crippen molar-refractivity contribution < 1.29 is 6.16 Å². The molecule has 0 spiro atoms. The Hall–Kier alpha value is -1.96. The molecule has 2 heteroatoms. The van der Waals surface area contributed by atoms with Crippen molar-refractivity contribution in [2.75, 3.05) is 7.11 Å². The first kappa shape index (κ1) is 14.0. The number of fused-ring (bicyclic) bond motifs is 1. The molecule has 1 aromatic carbocycles. The molecule has 0 fully saturated rings. The van der Waals surface area contributed by atoms with E-state index in [1.54, 1.807) is 7.11 Å². The zero-order chi connectivity index (χ0) is 14.9. The fourth-order valence-electron chi connectivity index (χ4n) is 3.56. The van der Waals surface area contributed by atoms with Gasteiger partial charge in [-0.3, -0.25) is 0 Å². The molecule has 0 aliphatic heterocycles. The zero-order valence-corrected chi connectivity index (χ0v) is 13.0. The third-order valence-electron chi connectivity index (χ3n) is 4.33. The highest BCUT2D eigenvalue weighted by molar-refractivity contribution is 5.57. The Morgan fingerprint density at radius 1 is 1.29 bits per heavy atom. The van der Waals surface area contributed by atoms with Crippen molar-refractivity contribution in [2.45, 2.75) is 32.1 Å². The van der Waals surface area contributed by atoms with E-state index in [0.717, 1.165) is 18.6 Å². The number of nitrogens with one attached hydrogen (secondary N) is 1. The van der Waals surface area contributed by atoms with Gasteiger partial charge >= 0.3 is 0 Å². The third kappa shape index (κ3) is 2.51. The normalized spacial score (nSPS) is 20.6. The summed E-state index contributed by atoms with van der Waals surface area (Å²) in [7, 11) is 1.76. The molecule has 0 bridgehead atoms. The molecule has 1 aliphatic carbocycles. The van der Waals surface area contributed by atoms with Gasteiger partial charge in [0.25, 0.3) is 0 Å². The first-order valence-corrected chi connectivity index (χ1v) is 7.64. The van der Waals surface area contributed by atoms with E-state index in [0.29, 0.717) is 5.92 Å². The molecule has 1 aromatic heterocycles. The van der Waals surface area contributed by atoms with Crippen LogP contribution in [0.2, 0.25) is 0 Å². The number of hydrogen-bond donors (Lipinski definition) is 1. The van der Waals surface area contributed by atoms with Gasteiger partial charge in [-0.25, -0.2) is 0 Å². The highest BCUT2D eigenvalue weighted by Crippen LogP contribution is 2.42. The summed E-state index contributed by atoms with van der Waals surface area (Å²) in [5.74, 6) is 1.61. The monoisotopic (exact) mass is 283 g/mol. The molecule has 0 radical (unpaired) electrons. The summed E-state index contributed by atoms with van der Waals surface area (Å²) in [6.07, 6.45) is 8.90. The van der Waals surface area contributed by atoms with E-state index in [2.05, 4.69) is 55.2 Å². The number of rotatable bonds is 4. The van der Waals surface area contributed by atoms with Crippen LogP contribution in [0.4, 0.5) is 0 Å². The highest BCUT2D eigenvalue weighted by Gasteiger charge is 2.33. The van der Waals surface area contributed by atoms with Crippen LogP contribution < -0.4 is 15.3 Å². The molecule has 2 nitrogen and oxygen atoms in total. The van der Waals surface area contributed by atoms with Crippen LogP contribution in [-0.2, 0) is 5.41 Å². The minimum Gasteiger partial charge on any atom is -0.496 e. The molecular weight excluding hydrogens is 258 g/mol. The fourth-order valence-corrected chi connectivity index (χ4v) is 3.56. The van der Waals surface area contributed by atoms with Crippen LogP contribution in [0.3, 0.4) is 0 Å². The molecule has 3 rings (SSSR count). The highest BCUT2D eigenvalue weighted by atomic mass is 16.5. The standard InChI is InChI=1S/C19H23NO.H2/c1-14(2)12-19(16-6-4-5-7-18(16)21-3)10-8-17-15(13-19)9-11-20-17;/h4-9,11,13-14,20H,10,12H2,1-3H3;1H. The van der Waals surface area contributed by atoms with Gasteiger partial charge < -0.3 is 9.72 Å². The lowest BCUT2D eigenvalue weighted by atomic mass is 9.70. The minimum atomic E-state index is 0. The quantitative estimate of drug-likeness (QED) is 0.915. The van der Waals surface area contributed by atoms with Gasteiger partial charge in [-0.1, -0.05) is 44.2 Å². The lowest BCUT2D eigenvalue weighted by molar-refractivity contribution is 0.380. The second kappa shape index (κ2) is 5.44. The van der Waals surface area contributed by atoms with E-state index < -0.39 is 0 Å². The molecule has 1 atom stereocenters. The molecule has 1 unspecified atom stereocenters. The van der Waals surface area contributed by atoms with Gasteiger partial charge in [0.05, 0.1) is 7.11 Å². The molecule has 0 saturated heterocycles. The Kier molecular flexibility index (Phi) is 3.62. The van der Waals surface area contributed by atoms with Crippen LogP contribution in [0.25, 0.3) is 12.2 Å². The summed E-state index contributed by atoms with van der Waals surface area (Å²) in [6, 6.07) is 10.6. The van der Waals surface area contributed by atoms with Crippen LogP contribution in [0.1, 0.15) is 33.7 Å². The lowest BCUT2D eigenvalue weighted by Crippen LogP contribution is -2.36. The Bertz CT molecular complexity index is 747. The predicted octanol–water partition coefficient (Wildman–Crippen LogP) is 3.22. The number of H-pyrrole nitrogens is 1. The maximum Gasteiger partial charge on any atom is 0.122 e. The number of ether oxygens (including phenoxy) is 1. The summed E-state index contributed by atoms with van der Waals surface area (Å²) in [5, 5.41) is 2.54. The van der Waals surface area contributed by atoms with Crippen molar-refractivity contribution in [1.29, 1.82) is 0 Å². The van der Waals surface area contributed by atoms with E-state index >= 15 is 0 Å². The fraction of sp³-hybridized carbons (Fsp3) is 0.368. The first-order valence-electron chi connectivity index (χ1n) is 7.64. The molecule has 0 amide bonds. The molecule has 1 heterocycles. The smallest absolute Gasteiger partial charge is 0.122 e. The average Bonchev–Trinajstić information content (AvgIpc) is 2.93. The van der Waals surface area contributed by atoms with Crippen LogP contribution in [0, 0.1) is 5.92 Å². The topological polar surface area (TPSA) is 25.0 Å². The van der Waals surface area contributed by atoms with E-state index in [1.165, 1.54) is 16.1 Å². The zero-order valence-electron chi connectivity index (χ0n) is 13.0. The molecule has 0 saturated carbocycles. The molecule has 112 valence electrons. The Labute approximate surface area is 127 Å². The van der Waals surface area contributed by atoms with Gasteiger partial charge in [0.15, 0.2) is 0 Å². The second-order valence-corrected chi connectivity index (χ2v) is 6.35. The molecule has 21 heavy (non-hydrogen) atoms. The van der Waals surface area contributed by atoms with Crippen molar-refractivity contribution >= 4 is 12.2 Å². The van der Waals surface area contributed by atoms with Gasteiger partial charge in [0.1, 0.15) is 5.75 Å². The summed E-state index contributed by atoms with van der Waals surface area (Å²) in [6.45, 7) is 4.58. The molecule has 1 N–H and O–H groups in total. The van der Waals surface area contributed by atoms with Gasteiger partial charge in [-0.15, -0.1) is 0 Å². The summed E-state index contributed by atoms with van der Waals surface area (Å²) in [5.41, 5.74) is 1.32. The van der Waals surface area contributed by atoms with Crippen molar-refractivity contribution in [3.8, 4) is 5.75 Å². The van der Waals surface area contributed by atoms with Gasteiger partial charge in [0, 0.05) is 24.0 Å². The van der Waals surface area contributed by atoms with Crippen LogP contribution in [0.5, 0.6) is 5.75 Å². The third-order valence-corrected chi connectivity index (χ3v) is 4.33.